The van der Waals surface area contributed by atoms with Crippen molar-refractivity contribution < 1.29 is 13.6 Å². The normalized spacial score (nSPS) is 17.1. The number of nitrogens with one attached hydrogen (secondary N) is 1. The van der Waals surface area contributed by atoms with E-state index in [0.717, 1.165) is 31.4 Å². The van der Waals surface area contributed by atoms with E-state index in [1.54, 1.807) is 0 Å². The Hall–Kier alpha value is -1.20. The monoisotopic (exact) mass is 304 g/mol. The summed E-state index contributed by atoms with van der Waals surface area (Å²) in [4.78, 5) is 12.0. The molecule has 1 aromatic rings. The van der Waals surface area contributed by atoms with E-state index >= 15 is 0 Å². The van der Waals surface area contributed by atoms with Crippen LogP contribution in [0.4, 0.5) is 8.78 Å². The molecule has 1 saturated carbocycles. The molecule has 112 valence electrons. The van der Waals surface area contributed by atoms with Gasteiger partial charge in [0.2, 0.25) is 5.91 Å². The Balaban J connectivity index is 0.00000200. The zero-order valence-corrected chi connectivity index (χ0v) is 11.9. The van der Waals surface area contributed by atoms with Crippen molar-refractivity contribution in [2.45, 2.75) is 44.2 Å². The minimum absolute atomic E-state index is 0. The summed E-state index contributed by atoms with van der Waals surface area (Å²) in [7, 11) is 0. The summed E-state index contributed by atoms with van der Waals surface area (Å²) in [6, 6.07) is 3.58. The van der Waals surface area contributed by atoms with Gasteiger partial charge in [-0.15, -0.1) is 12.4 Å². The Labute approximate surface area is 123 Å². The summed E-state index contributed by atoms with van der Waals surface area (Å²) in [5.74, 6) is -2.01. The van der Waals surface area contributed by atoms with Gasteiger partial charge in [0.05, 0.1) is 5.54 Å². The number of rotatable bonds is 3. The smallest absolute Gasteiger partial charge is 0.240 e. The second-order valence-corrected chi connectivity index (χ2v) is 5.15. The van der Waals surface area contributed by atoms with Crippen molar-refractivity contribution in [1.82, 2.24) is 5.32 Å². The van der Waals surface area contributed by atoms with Crippen molar-refractivity contribution in [3.8, 4) is 0 Å². The zero-order valence-electron chi connectivity index (χ0n) is 11.1. The Morgan fingerprint density at radius 1 is 1.20 bits per heavy atom. The number of carbonyl (C=O) groups is 1. The van der Waals surface area contributed by atoms with Crippen LogP contribution in [0.3, 0.4) is 0 Å². The highest BCUT2D eigenvalue weighted by molar-refractivity contribution is 5.86. The van der Waals surface area contributed by atoms with Crippen LogP contribution < -0.4 is 11.1 Å². The van der Waals surface area contributed by atoms with Crippen molar-refractivity contribution in [1.29, 1.82) is 0 Å². The van der Waals surface area contributed by atoms with Crippen molar-refractivity contribution in [2.75, 3.05) is 0 Å². The fourth-order valence-corrected chi connectivity index (χ4v) is 2.42. The van der Waals surface area contributed by atoms with Gasteiger partial charge in [0, 0.05) is 6.54 Å². The van der Waals surface area contributed by atoms with Gasteiger partial charge in [-0.2, -0.15) is 0 Å². The SMILES string of the molecule is Cl.NC1(C(=O)NCc2ccc(F)c(F)c2)CCCCC1. The molecule has 20 heavy (non-hydrogen) atoms. The lowest BCUT2D eigenvalue weighted by Crippen LogP contribution is -2.54. The van der Waals surface area contributed by atoms with E-state index in [0.29, 0.717) is 18.4 Å². The van der Waals surface area contributed by atoms with Crippen LogP contribution in [0.25, 0.3) is 0 Å². The van der Waals surface area contributed by atoms with Crippen LogP contribution in [-0.4, -0.2) is 11.4 Å². The molecule has 0 heterocycles. The van der Waals surface area contributed by atoms with Crippen LogP contribution in [0, 0.1) is 11.6 Å². The van der Waals surface area contributed by atoms with E-state index in [4.69, 9.17) is 5.73 Å². The van der Waals surface area contributed by atoms with E-state index in [1.807, 2.05) is 0 Å². The van der Waals surface area contributed by atoms with E-state index < -0.39 is 17.2 Å². The van der Waals surface area contributed by atoms with Gasteiger partial charge in [-0.1, -0.05) is 25.3 Å². The number of carbonyl (C=O) groups excluding carboxylic acids is 1. The van der Waals surface area contributed by atoms with Crippen LogP contribution in [0.2, 0.25) is 0 Å². The number of halogens is 3. The number of hydrogen-bond donors (Lipinski definition) is 2. The molecule has 0 radical (unpaired) electrons. The minimum atomic E-state index is -0.910. The molecular weight excluding hydrogens is 286 g/mol. The van der Waals surface area contributed by atoms with Gasteiger partial charge in [-0.3, -0.25) is 4.79 Å². The van der Waals surface area contributed by atoms with Crippen LogP contribution in [-0.2, 0) is 11.3 Å². The highest BCUT2D eigenvalue weighted by Gasteiger charge is 2.34. The van der Waals surface area contributed by atoms with Crippen LogP contribution >= 0.6 is 12.4 Å². The summed E-state index contributed by atoms with van der Waals surface area (Å²) in [5, 5.41) is 2.70. The molecule has 0 saturated heterocycles. The number of amides is 1. The number of benzene rings is 1. The molecular formula is C14H19ClF2N2O. The Morgan fingerprint density at radius 2 is 1.85 bits per heavy atom. The first-order valence-electron chi connectivity index (χ1n) is 6.52. The summed E-state index contributed by atoms with van der Waals surface area (Å²) < 4.78 is 25.8. The van der Waals surface area contributed by atoms with Crippen molar-refractivity contribution in [3.63, 3.8) is 0 Å². The topological polar surface area (TPSA) is 55.1 Å². The van der Waals surface area contributed by atoms with Crippen molar-refractivity contribution in [2.24, 2.45) is 5.73 Å². The van der Waals surface area contributed by atoms with Crippen molar-refractivity contribution >= 4 is 18.3 Å². The molecule has 1 aliphatic rings. The summed E-state index contributed by atoms with van der Waals surface area (Å²) >= 11 is 0. The van der Waals surface area contributed by atoms with Gasteiger partial charge in [0.25, 0.3) is 0 Å². The first-order chi connectivity index (χ1) is 9.01. The molecule has 0 atom stereocenters. The number of nitrogens with two attached hydrogens (primary N) is 1. The maximum Gasteiger partial charge on any atom is 0.240 e. The predicted octanol–water partition coefficient (Wildman–Crippen LogP) is 2.66. The molecule has 0 aromatic heterocycles. The summed E-state index contributed by atoms with van der Waals surface area (Å²) in [6.45, 7) is 0.162. The first-order valence-corrected chi connectivity index (χ1v) is 6.52. The van der Waals surface area contributed by atoms with Crippen LogP contribution in [0.5, 0.6) is 0 Å². The average molecular weight is 305 g/mol. The molecule has 0 bridgehead atoms. The Bertz CT molecular complexity index is 476. The number of hydrogen-bond acceptors (Lipinski definition) is 2. The molecule has 1 fully saturated rings. The maximum atomic E-state index is 13.0. The third-order valence-electron chi connectivity index (χ3n) is 3.64. The largest absolute Gasteiger partial charge is 0.350 e. The average Bonchev–Trinajstić information content (AvgIpc) is 2.40. The molecule has 3 nitrogen and oxygen atoms in total. The fourth-order valence-electron chi connectivity index (χ4n) is 2.42. The minimum Gasteiger partial charge on any atom is -0.350 e. The highest BCUT2D eigenvalue weighted by atomic mass is 35.5. The molecule has 1 amide bonds. The molecule has 1 aliphatic carbocycles. The molecule has 0 aliphatic heterocycles. The Morgan fingerprint density at radius 3 is 2.45 bits per heavy atom. The lowest BCUT2D eigenvalue weighted by molar-refractivity contribution is -0.127. The third-order valence-corrected chi connectivity index (χ3v) is 3.64. The molecule has 6 heteroatoms. The second-order valence-electron chi connectivity index (χ2n) is 5.15. The molecule has 2 rings (SSSR count). The molecule has 0 unspecified atom stereocenters. The highest BCUT2D eigenvalue weighted by Crippen LogP contribution is 2.26. The fraction of sp³-hybridized carbons (Fsp3) is 0.500. The van der Waals surface area contributed by atoms with E-state index in [2.05, 4.69) is 5.32 Å². The van der Waals surface area contributed by atoms with Gasteiger partial charge in [0.1, 0.15) is 0 Å². The maximum absolute atomic E-state index is 13.0. The van der Waals surface area contributed by atoms with Crippen molar-refractivity contribution in [3.05, 3.63) is 35.4 Å². The quantitative estimate of drug-likeness (QED) is 0.902. The lowest BCUT2D eigenvalue weighted by Gasteiger charge is -2.31. The van der Waals surface area contributed by atoms with Gasteiger partial charge < -0.3 is 11.1 Å². The first kappa shape index (κ1) is 16.9. The van der Waals surface area contributed by atoms with Crippen LogP contribution in [0.1, 0.15) is 37.7 Å². The molecule has 0 spiro atoms. The molecule has 3 N–H and O–H groups in total. The second kappa shape index (κ2) is 6.99. The van der Waals surface area contributed by atoms with Gasteiger partial charge in [0.15, 0.2) is 11.6 Å². The van der Waals surface area contributed by atoms with Gasteiger partial charge in [-0.05, 0) is 30.5 Å². The Kier molecular flexibility index (Phi) is 5.89. The van der Waals surface area contributed by atoms with E-state index in [1.165, 1.54) is 6.07 Å². The summed E-state index contributed by atoms with van der Waals surface area (Å²) in [5.41, 5.74) is 5.79. The summed E-state index contributed by atoms with van der Waals surface area (Å²) in [6.07, 6.45) is 4.37. The van der Waals surface area contributed by atoms with Gasteiger partial charge in [-0.25, -0.2) is 8.78 Å². The van der Waals surface area contributed by atoms with Crippen LogP contribution in [0.15, 0.2) is 18.2 Å². The predicted molar refractivity (Wildman–Crippen MR) is 75.5 cm³/mol. The lowest BCUT2D eigenvalue weighted by atomic mass is 9.82. The standard InChI is InChI=1S/C14H18F2N2O.ClH/c15-11-5-4-10(8-12(11)16)9-18-13(19)14(17)6-2-1-3-7-14;/h4-5,8H,1-3,6-7,9,17H2,(H,18,19);1H. The van der Waals surface area contributed by atoms with Gasteiger partial charge >= 0.3 is 0 Å². The molecule has 1 aromatic carbocycles. The third kappa shape index (κ3) is 3.90. The van der Waals surface area contributed by atoms with E-state index in [9.17, 15) is 13.6 Å². The zero-order chi connectivity index (χ0) is 13.9. The van der Waals surface area contributed by atoms with E-state index in [-0.39, 0.29) is 24.9 Å².